The van der Waals surface area contributed by atoms with E-state index in [4.69, 9.17) is 15.2 Å². The van der Waals surface area contributed by atoms with Crippen LogP contribution >= 0.6 is 15.9 Å². The third kappa shape index (κ3) is 4.76. The molecule has 0 bridgehead atoms. The number of rotatable bonds is 1. The molecule has 1 aromatic heterocycles. The van der Waals surface area contributed by atoms with Gasteiger partial charge in [-0.05, 0) is 22.0 Å². The number of alkyl halides is 3. The zero-order valence-electron chi connectivity index (χ0n) is 7.77. The van der Waals surface area contributed by atoms with E-state index in [-0.39, 0.29) is 4.47 Å². The molecule has 0 aliphatic heterocycles. The number of carbonyl (C=O) groups is 1. The number of carboxylic acid groups (broad SMARTS) is 1. The Kier molecular flexibility index (Phi) is 5.51. The van der Waals surface area contributed by atoms with Crippen LogP contribution in [0.2, 0.25) is 0 Å². The molecule has 0 aliphatic rings. The number of aromatic nitrogens is 1. The van der Waals surface area contributed by atoms with Gasteiger partial charge in [0, 0.05) is 6.20 Å². The maximum Gasteiger partial charge on any atom is 0.433 e. The molecule has 0 saturated carbocycles. The van der Waals surface area contributed by atoms with Crippen LogP contribution in [0.4, 0.5) is 13.2 Å². The third-order valence-electron chi connectivity index (χ3n) is 1.38. The summed E-state index contributed by atoms with van der Waals surface area (Å²) in [5.74, 6) is -1.44. The molecule has 2 N–H and O–H groups in total. The minimum absolute atomic E-state index is 0.0120. The van der Waals surface area contributed by atoms with Crippen molar-refractivity contribution in [1.29, 1.82) is 0 Å². The van der Waals surface area contributed by atoms with Crippen LogP contribution in [0.1, 0.15) is 16.1 Å². The van der Waals surface area contributed by atoms with Crippen molar-refractivity contribution in [2.75, 3.05) is 0 Å². The summed E-state index contributed by atoms with van der Waals surface area (Å²) in [6, 6.07) is 0.479. The zero-order valence-corrected chi connectivity index (χ0v) is 9.36. The number of halogens is 4. The molecule has 0 radical (unpaired) electrons. The largest absolute Gasteiger partial charge is 0.478 e. The second kappa shape index (κ2) is 6.13. The first-order chi connectivity index (χ1) is 7.73. The highest BCUT2D eigenvalue weighted by Gasteiger charge is 2.33. The lowest BCUT2D eigenvalue weighted by atomic mass is 10.2. The summed E-state index contributed by atoms with van der Waals surface area (Å²) < 4.78 is 36.3. The van der Waals surface area contributed by atoms with Crippen LogP contribution in [0, 0.1) is 4.91 Å². The normalized spacial score (nSPS) is 10.1. The predicted molar refractivity (Wildman–Crippen MR) is 51.5 cm³/mol. The first-order valence-electron chi connectivity index (χ1n) is 3.66. The highest BCUT2D eigenvalue weighted by Crippen LogP contribution is 2.29. The molecule has 0 aromatic carbocycles. The molecule has 1 rings (SSSR count). The Bertz CT molecular complexity index is 424. The molecule has 1 heterocycles. The Morgan fingerprint density at radius 1 is 1.47 bits per heavy atom. The van der Waals surface area contributed by atoms with Crippen molar-refractivity contribution < 1.29 is 28.3 Å². The number of pyridine rings is 1. The Labute approximate surface area is 100 Å². The molecular formula is C7H4BrF3N2O4. The number of nitrogens with zero attached hydrogens (tertiary/aromatic N) is 2. The van der Waals surface area contributed by atoms with E-state index < -0.39 is 23.4 Å². The standard InChI is InChI=1S/C7H3BrF3NO2.HNO2/c8-4-2-12-5(7(9,10)11)1-3(4)6(13)14;2-1-3/h1-2H,(H,13,14);(H,2,3). The minimum Gasteiger partial charge on any atom is -0.478 e. The first kappa shape index (κ1) is 15.3. The monoisotopic (exact) mass is 316 g/mol. The quantitative estimate of drug-likeness (QED) is 0.613. The smallest absolute Gasteiger partial charge is 0.433 e. The molecule has 1 aromatic rings. The van der Waals surface area contributed by atoms with Gasteiger partial charge in [-0.2, -0.15) is 13.2 Å². The predicted octanol–water partition coefficient (Wildman–Crippen LogP) is 2.70. The van der Waals surface area contributed by atoms with Crippen molar-refractivity contribution in [1.82, 2.24) is 4.98 Å². The number of hydrogen-bond acceptors (Lipinski definition) is 4. The van der Waals surface area contributed by atoms with Crippen LogP contribution in [0.15, 0.2) is 22.1 Å². The highest BCUT2D eigenvalue weighted by atomic mass is 79.9. The Morgan fingerprint density at radius 3 is 2.29 bits per heavy atom. The molecule has 6 nitrogen and oxygen atoms in total. The SMILES string of the molecule is O=C(O)c1cc(C(F)(F)F)ncc1Br.O=NO. The van der Waals surface area contributed by atoms with Gasteiger partial charge in [0.2, 0.25) is 0 Å². The Morgan fingerprint density at radius 2 is 1.94 bits per heavy atom. The Balaban J connectivity index is 0.000000770. The molecule has 94 valence electrons. The molecule has 10 heteroatoms. The fourth-order valence-electron chi connectivity index (χ4n) is 0.758. The fraction of sp³-hybridized carbons (Fsp3) is 0.143. The lowest BCUT2D eigenvalue weighted by Gasteiger charge is -2.06. The second-order valence-corrected chi connectivity index (χ2v) is 3.29. The Hall–Kier alpha value is -1.71. The highest BCUT2D eigenvalue weighted by molar-refractivity contribution is 9.10. The molecule has 0 fully saturated rings. The van der Waals surface area contributed by atoms with Crippen molar-refractivity contribution in [2.24, 2.45) is 5.34 Å². The molecule has 0 spiro atoms. The number of aromatic carboxylic acids is 1. The van der Waals surface area contributed by atoms with Gasteiger partial charge in [0.1, 0.15) is 5.69 Å². The summed E-state index contributed by atoms with van der Waals surface area (Å²) in [7, 11) is 0. The average Bonchev–Trinajstić information content (AvgIpc) is 2.17. The molecule has 0 unspecified atom stereocenters. The van der Waals surface area contributed by atoms with E-state index >= 15 is 0 Å². The summed E-state index contributed by atoms with van der Waals surface area (Å²) in [5.41, 5.74) is -1.69. The van der Waals surface area contributed by atoms with Gasteiger partial charge in [-0.25, -0.2) is 4.79 Å². The molecule has 0 atom stereocenters. The minimum atomic E-state index is -4.63. The lowest BCUT2D eigenvalue weighted by molar-refractivity contribution is -0.141. The van der Waals surface area contributed by atoms with Gasteiger partial charge < -0.3 is 10.3 Å². The van der Waals surface area contributed by atoms with E-state index in [1.165, 1.54) is 5.34 Å². The molecular weight excluding hydrogens is 313 g/mol. The van der Waals surface area contributed by atoms with Crippen LogP contribution in [-0.2, 0) is 6.18 Å². The van der Waals surface area contributed by atoms with E-state index in [1.807, 2.05) is 0 Å². The van der Waals surface area contributed by atoms with Crippen LogP contribution < -0.4 is 0 Å². The summed E-state index contributed by atoms with van der Waals surface area (Å²) >= 11 is 2.79. The van der Waals surface area contributed by atoms with E-state index in [0.29, 0.717) is 6.07 Å². The lowest BCUT2D eigenvalue weighted by Crippen LogP contribution is -2.10. The maximum absolute atomic E-state index is 12.1. The second-order valence-electron chi connectivity index (χ2n) is 2.43. The van der Waals surface area contributed by atoms with Crippen LogP contribution in [-0.4, -0.2) is 21.3 Å². The van der Waals surface area contributed by atoms with Crippen molar-refractivity contribution in [3.8, 4) is 0 Å². The van der Waals surface area contributed by atoms with E-state index in [1.54, 1.807) is 0 Å². The van der Waals surface area contributed by atoms with Gasteiger partial charge in [-0.15, -0.1) is 4.91 Å². The molecule has 0 amide bonds. The van der Waals surface area contributed by atoms with Crippen LogP contribution in [0.25, 0.3) is 0 Å². The number of carboxylic acids is 1. The average molecular weight is 317 g/mol. The summed E-state index contributed by atoms with van der Waals surface area (Å²) in [5, 5.41) is 16.4. The summed E-state index contributed by atoms with van der Waals surface area (Å²) in [4.78, 5) is 21.6. The van der Waals surface area contributed by atoms with Gasteiger partial charge in [-0.1, -0.05) is 0 Å². The van der Waals surface area contributed by atoms with Crippen molar-refractivity contribution in [3.05, 3.63) is 32.9 Å². The van der Waals surface area contributed by atoms with Crippen LogP contribution in [0.3, 0.4) is 0 Å². The molecule has 0 aliphatic carbocycles. The van der Waals surface area contributed by atoms with Gasteiger partial charge in [0.25, 0.3) is 0 Å². The summed E-state index contributed by atoms with van der Waals surface area (Å²) in [6.07, 6.45) is -3.82. The van der Waals surface area contributed by atoms with Gasteiger partial charge in [-0.3, -0.25) is 4.98 Å². The molecule has 0 saturated heterocycles. The van der Waals surface area contributed by atoms with Crippen molar-refractivity contribution in [2.45, 2.75) is 6.18 Å². The van der Waals surface area contributed by atoms with E-state index in [2.05, 4.69) is 20.9 Å². The third-order valence-corrected chi connectivity index (χ3v) is 2.01. The topological polar surface area (TPSA) is 99.8 Å². The van der Waals surface area contributed by atoms with E-state index in [9.17, 15) is 18.0 Å². The number of hydrogen-bond donors (Lipinski definition) is 2. The first-order valence-corrected chi connectivity index (χ1v) is 4.46. The maximum atomic E-state index is 12.1. The van der Waals surface area contributed by atoms with Gasteiger partial charge >= 0.3 is 12.1 Å². The van der Waals surface area contributed by atoms with E-state index in [0.717, 1.165) is 6.20 Å². The van der Waals surface area contributed by atoms with Crippen molar-refractivity contribution in [3.63, 3.8) is 0 Å². The van der Waals surface area contributed by atoms with Crippen LogP contribution in [0.5, 0.6) is 0 Å². The fourth-order valence-corrected chi connectivity index (χ4v) is 1.14. The van der Waals surface area contributed by atoms with Gasteiger partial charge in [0.15, 0.2) is 5.34 Å². The van der Waals surface area contributed by atoms with Crippen molar-refractivity contribution >= 4 is 21.9 Å². The summed E-state index contributed by atoms with van der Waals surface area (Å²) in [6.45, 7) is 0. The molecule has 17 heavy (non-hydrogen) atoms. The van der Waals surface area contributed by atoms with Gasteiger partial charge in [0.05, 0.1) is 10.0 Å². The zero-order chi connectivity index (χ0) is 13.6.